The Balaban J connectivity index is 0.00000242. The Bertz CT molecular complexity index is 549. The van der Waals surface area contributed by atoms with Crippen LogP contribution < -0.4 is 20.7 Å². The maximum absolute atomic E-state index is 12.1. The highest BCUT2D eigenvalue weighted by molar-refractivity contribution is 5.98. The summed E-state index contributed by atoms with van der Waals surface area (Å²) in [5.74, 6) is 0.426. The van der Waals surface area contributed by atoms with Crippen molar-refractivity contribution in [2.45, 2.75) is 32.2 Å². The fourth-order valence-electron chi connectivity index (χ4n) is 2.30. The molecule has 0 saturated carbocycles. The van der Waals surface area contributed by atoms with E-state index in [4.69, 9.17) is 10.5 Å². The molecule has 1 aliphatic rings. The molecule has 1 saturated heterocycles. The van der Waals surface area contributed by atoms with Crippen molar-refractivity contribution in [1.82, 2.24) is 0 Å². The average Bonchev–Trinajstić information content (AvgIpc) is 2.47. The van der Waals surface area contributed by atoms with Crippen LogP contribution in [-0.2, 0) is 9.59 Å². The highest BCUT2D eigenvalue weighted by atomic mass is 35.5. The molecule has 2 rings (SSSR count). The van der Waals surface area contributed by atoms with Crippen LogP contribution in [0.4, 0.5) is 11.4 Å². The van der Waals surface area contributed by atoms with Gasteiger partial charge in [-0.05, 0) is 38.0 Å². The van der Waals surface area contributed by atoms with Gasteiger partial charge in [0.1, 0.15) is 5.75 Å². The van der Waals surface area contributed by atoms with E-state index < -0.39 is 6.04 Å². The van der Waals surface area contributed by atoms with Crippen LogP contribution in [0.1, 0.15) is 26.2 Å². The maximum atomic E-state index is 12.1. The number of nitrogens with one attached hydrogen (secondary N) is 1. The Morgan fingerprint density at radius 1 is 1.41 bits per heavy atom. The molecule has 122 valence electrons. The lowest BCUT2D eigenvalue weighted by atomic mass is 10.1. The maximum Gasteiger partial charge on any atom is 0.240 e. The lowest BCUT2D eigenvalue weighted by Gasteiger charge is -2.28. The standard InChI is InChI=1S/C15H21N3O3.ClH/c1-10(16)15(20)17-11-6-7-13(21-2)12(9-11)18-8-4-3-5-14(18)19;/h6-7,9-10H,3-5,8,16H2,1-2H3,(H,17,20);1H/t10-;/m1./s1. The van der Waals surface area contributed by atoms with Crippen molar-refractivity contribution >= 4 is 35.6 Å². The normalized spacial score (nSPS) is 15.8. The summed E-state index contributed by atoms with van der Waals surface area (Å²) in [5.41, 5.74) is 6.83. The first kappa shape index (κ1) is 18.3. The molecule has 6 nitrogen and oxygen atoms in total. The number of ether oxygens (including phenoxy) is 1. The van der Waals surface area contributed by atoms with E-state index in [9.17, 15) is 9.59 Å². The van der Waals surface area contributed by atoms with Crippen LogP contribution >= 0.6 is 12.4 Å². The number of benzene rings is 1. The van der Waals surface area contributed by atoms with Crippen molar-refractivity contribution in [3.63, 3.8) is 0 Å². The van der Waals surface area contributed by atoms with Crippen molar-refractivity contribution in [2.75, 3.05) is 23.9 Å². The number of nitrogens with two attached hydrogens (primary N) is 1. The minimum atomic E-state index is -0.591. The second-order valence-corrected chi connectivity index (χ2v) is 5.17. The van der Waals surface area contributed by atoms with E-state index in [0.717, 1.165) is 12.8 Å². The molecular formula is C15H22ClN3O3. The third kappa shape index (κ3) is 4.11. The van der Waals surface area contributed by atoms with Crippen molar-refractivity contribution in [3.8, 4) is 5.75 Å². The minimum absolute atomic E-state index is 0. The fraction of sp³-hybridized carbons (Fsp3) is 0.467. The lowest BCUT2D eigenvalue weighted by molar-refractivity contribution is -0.119. The molecule has 3 N–H and O–H groups in total. The lowest BCUT2D eigenvalue weighted by Crippen LogP contribution is -2.35. The Morgan fingerprint density at radius 2 is 2.14 bits per heavy atom. The van der Waals surface area contributed by atoms with E-state index in [-0.39, 0.29) is 24.2 Å². The number of hydrogen-bond donors (Lipinski definition) is 2. The van der Waals surface area contributed by atoms with Crippen molar-refractivity contribution in [1.29, 1.82) is 0 Å². The molecule has 1 heterocycles. The van der Waals surface area contributed by atoms with E-state index >= 15 is 0 Å². The van der Waals surface area contributed by atoms with Gasteiger partial charge in [-0.15, -0.1) is 12.4 Å². The highest BCUT2D eigenvalue weighted by Crippen LogP contribution is 2.33. The molecule has 0 bridgehead atoms. The summed E-state index contributed by atoms with van der Waals surface area (Å²) in [6.45, 7) is 2.29. The second-order valence-electron chi connectivity index (χ2n) is 5.17. The molecule has 0 unspecified atom stereocenters. The number of piperidine rings is 1. The quantitative estimate of drug-likeness (QED) is 0.884. The van der Waals surface area contributed by atoms with Crippen LogP contribution in [0.25, 0.3) is 0 Å². The van der Waals surface area contributed by atoms with Gasteiger partial charge in [-0.3, -0.25) is 9.59 Å². The molecule has 0 aliphatic carbocycles. The zero-order valence-corrected chi connectivity index (χ0v) is 13.6. The molecule has 22 heavy (non-hydrogen) atoms. The van der Waals surface area contributed by atoms with Gasteiger partial charge < -0.3 is 20.7 Å². The molecule has 1 aliphatic heterocycles. The Morgan fingerprint density at radius 3 is 2.73 bits per heavy atom. The topological polar surface area (TPSA) is 84.7 Å². The average molecular weight is 328 g/mol. The number of amides is 2. The first-order valence-electron chi connectivity index (χ1n) is 7.08. The van der Waals surface area contributed by atoms with E-state index in [1.807, 2.05) is 0 Å². The van der Waals surface area contributed by atoms with Gasteiger partial charge in [0.15, 0.2) is 0 Å². The van der Waals surface area contributed by atoms with Crippen LogP contribution in [0.5, 0.6) is 5.75 Å². The van der Waals surface area contributed by atoms with E-state index in [1.165, 1.54) is 0 Å². The second kappa shape index (κ2) is 8.00. The molecule has 1 aromatic rings. The summed E-state index contributed by atoms with van der Waals surface area (Å²) in [7, 11) is 1.56. The molecule has 0 aromatic heterocycles. The van der Waals surface area contributed by atoms with Gasteiger partial charge in [-0.25, -0.2) is 0 Å². The first-order valence-corrected chi connectivity index (χ1v) is 7.08. The van der Waals surface area contributed by atoms with Gasteiger partial charge >= 0.3 is 0 Å². The fourth-order valence-corrected chi connectivity index (χ4v) is 2.30. The Hall–Kier alpha value is -1.79. The number of halogens is 1. The predicted octanol–water partition coefficient (Wildman–Crippen LogP) is 1.92. The van der Waals surface area contributed by atoms with Gasteiger partial charge in [-0.1, -0.05) is 0 Å². The number of methoxy groups -OCH3 is 1. The largest absolute Gasteiger partial charge is 0.495 e. The predicted molar refractivity (Wildman–Crippen MR) is 88.7 cm³/mol. The number of anilines is 2. The summed E-state index contributed by atoms with van der Waals surface area (Å²) in [6.07, 6.45) is 2.42. The SMILES string of the molecule is COc1ccc(NC(=O)[C@@H](C)N)cc1N1CCCCC1=O.Cl. The minimum Gasteiger partial charge on any atom is -0.495 e. The molecule has 1 fully saturated rings. The van der Waals surface area contributed by atoms with E-state index in [0.29, 0.717) is 30.1 Å². The number of rotatable bonds is 4. The van der Waals surface area contributed by atoms with Crippen molar-refractivity contribution in [2.24, 2.45) is 5.73 Å². The highest BCUT2D eigenvalue weighted by Gasteiger charge is 2.23. The Kier molecular flexibility index (Phi) is 6.64. The summed E-state index contributed by atoms with van der Waals surface area (Å²) in [4.78, 5) is 25.5. The van der Waals surface area contributed by atoms with E-state index in [1.54, 1.807) is 37.1 Å². The summed E-state index contributed by atoms with van der Waals surface area (Å²) < 4.78 is 5.32. The number of hydrogen-bond acceptors (Lipinski definition) is 4. The zero-order chi connectivity index (χ0) is 15.4. The molecule has 1 atom stereocenters. The number of nitrogens with zero attached hydrogens (tertiary/aromatic N) is 1. The molecule has 2 amide bonds. The molecular weight excluding hydrogens is 306 g/mol. The summed E-state index contributed by atoms with van der Waals surface area (Å²) in [6, 6.07) is 4.64. The van der Waals surface area contributed by atoms with Gasteiger partial charge in [-0.2, -0.15) is 0 Å². The molecule has 1 aromatic carbocycles. The third-order valence-corrected chi connectivity index (χ3v) is 3.47. The van der Waals surface area contributed by atoms with Crippen molar-refractivity contribution in [3.05, 3.63) is 18.2 Å². The van der Waals surface area contributed by atoms with Crippen LogP contribution in [0.2, 0.25) is 0 Å². The van der Waals surface area contributed by atoms with Crippen LogP contribution in [0.15, 0.2) is 18.2 Å². The molecule has 0 spiro atoms. The molecule has 7 heteroatoms. The van der Waals surface area contributed by atoms with Gasteiger partial charge in [0.2, 0.25) is 11.8 Å². The van der Waals surface area contributed by atoms with Gasteiger partial charge in [0, 0.05) is 18.7 Å². The zero-order valence-electron chi connectivity index (χ0n) is 12.8. The van der Waals surface area contributed by atoms with E-state index in [2.05, 4.69) is 5.32 Å². The summed E-state index contributed by atoms with van der Waals surface area (Å²) >= 11 is 0. The van der Waals surface area contributed by atoms with Crippen LogP contribution in [0, 0.1) is 0 Å². The number of carbonyl (C=O) groups excluding carboxylic acids is 2. The molecule has 0 radical (unpaired) electrons. The Labute approximate surface area is 136 Å². The smallest absolute Gasteiger partial charge is 0.240 e. The van der Waals surface area contributed by atoms with Crippen molar-refractivity contribution < 1.29 is 14.3 Å². The monoisotopic (exact) mass is 327 g/mol. The van der Waals surface area contributed by atoms with Gasteiger partial charge in [0.25, 0.3) is 0 Å². The number of carbonyl (C=O) groups is 2. The van der Waals surface area contributed by atoms with Crippen LogP contribution in [-0.4, -0.2) is 31.5 Å². The van der Waals surface area contributed by atoms with Gasteiger partial charge in [0.05, 0.1) is 18.8 Å². The third-order valence-electron chi connectivity index (χ3n) is 3.47. The first-order chi connectivity index (χ1) is 10.0. The summed E-state index contributed by atoms with van der Waals surface area (Å²) in [5, 5.41) is 2.73. The van der Waals surface area contributed by atoms with Crippen LogP contribution in [0.3, 0.4) is 0 Å².